The van der Waals surface area contributed by atoms with Crippen LogP contribution in [-0.4, -0.2) is 9.78 Å². The van der Waals surface area contributed by atoms with Crippen LogP contribution in [0.4, 0.5) is 0 Å². The van der Waals surface area contributed by atoms with Crippen LogP contribution >= 0.6 is 0 Å². The molecule has 94 valence electrons. The van der Waals surface area contributed by atoms with Gasteiger partial charge in [0.15, 0.2) is 0 Å². The monoisotopic (exact) mass is 250 g/mol. The first-order valence-electron chi connectivity index (χ1n) is 6.57. The summed E-state index contributed by atoms with van der Waals surface area (Å²) in [7, 11) is 0. The molecule has 3 nitrogen and oxygen atoms in total. The second-order valence-corrected chi connectivity index (χ2v) is 5.20. The Morgan fingerprint density at radius 2 is 1.63 bits per heavy atom. The minimum atomic E-state index is -0.155. The van der Waals surface area contributed by atoms with Crippen molar-refractivity contribution in [3.05, 3.63) is 70.5 Å². The second kappa shape index (κ2) is 3.60. The van der Waals surface area contributed by atoms with Crippen LogP contribution in [0.2, 0.25) is 0 Å². The lowest BCUT2D eigenvalue weighted by Crippen LogP contribution is -2.29. The number of nitrogens with one attached hydrogen (secondary N) is 1. The van der Waals surface area contributed by atoms with Crippen molar-refractivity contribution >= 4 is 10.9 Å². The number of hydrogen-bond acceptors (Lipinski definition) is 1. The van der Waals surface area contributed by atoms with Gasteiger partial charge >= 0.3 is 0 Å². The molecule has 0 spiro atoms. The molecule has 0 amide bonds. The minimum absolute atomic E-state index is 0.0805. The fourth-order valence-electron chi connectivity index (χ4n) is 2.87. The van der Waals surface area contributed by atoms with Gasteiger partial charge in [0.2, 0.25) is 0 Å². The van der Waals surface area contributed by atoms with Gasteiger partial charge in [-0.05, 0) is 30.5 Å². The molecule has 0 saturated heterocycles. The van der Waals surface area contributed by atoms with Crippen LogP contribution in [0.3, 0.4) is 0 Å². The first-order chi connectivity index (χ1) is 9.31. The quantitative estimate of drug-likeness (QED) is 0.746. The highest BCUT2D eigenvalue weighted by atomic mass is 16.1. The molecule has 1 N–H and O–H groups in total. The number of benzene rings is 2. The fraction of sp³-hybridized carbons (Fsp3) is 0.188. The van der Waals surface area contributed by atoms with Crippen LogP contribution in [0.1, 0.15) is 18.4 Å². The SMILES string of the molecule is O=c1c2ccccc2[nH]n1C1(c2ccccc2)CC1. The van der Waals surface area contributed by atoms with Crippen molar-refractivity contribution < 1.29 is 0 Å². The van der Waals surface area contributed by atoms with Crippen molar-refractivity contribution in [1.29, 1.82) is 0 Å². The van der Waals surface area contributed by atoms with E-state index in [9.17, 15) is 4.79 Å². The molecule has 4 rings (SSSR count). The van der Waals surface area contributed by atoms with E-state index in [1.807, 2.05) is 47.1 Å². The smallest absolute Gasteiger partial charge is 0.275 e. The normalized spacial score (nSPS) is 16.6. The summed E-state index contributed by atoms with van der Waals surface area (Å²) in [6.07, 6.45) is 2.04. The van der Waals surface area contributed by atoms with E-state index in [-0.39, 0.29) is 11.1 Å². The molecule has 0 radical (unpaired) electrons. The molecule has 0 aliphatic heterocycles. The highest BCUT2D eigenvalue weighted by Gasteiger charge is 2.48. The molecule has 1 aliphatic rings. The third-order valence-electron chi connectivity index (χ3n) is 4.06. The maximum Gasteiger partial charge on any atom is 0.275 e. The molecule has 3 heteroatoms. The molecule has 1 aromatic heterocycles. The molecule has 1 saturated carbocycles. The molecule has 0 unspecified atom stereocenters. The molecule has 3 aromatic rings. The van der Waals surface area contributed by atoms with Gasteiger partial charge in [-0.15, -0.1) is 0 Å². The Kier molecular flexibility index (Phi) is 2.01. The topological polar surface area (TPSA) is 37.8 Å². The lowest BCUT2D eigenvalue weighted by molar-refractivity contribution is 0.497. The number of aromatic nitrogens is 2. The molecule has 1 aliphatic carbocycles. The highest BCUT2D eigenvalue weighted by Crippen LogP contribution is 2.48. The summed E-state index contributed by atoms with van der Waals surface area (Å²) in [5, 5.41) is 4.04. The summed E-state index contributed by atoms with van der Waals surface area (Å²) in [5.74, 6) is 0. The zero-order valence-corrected chi connectivity index (χ0v) is 10.5. The number of fused-ring (bicyclic) bond motifs is 1. The van der Waals surface area contributed by atoms with Crippen LogP contribution in [0.5, 0.6) is 0 Å². The van der Waals surface area contributed by atoms with E-state index in [2.05, 4.69) is 17.2 Å². The largest absolute Gasteiger partial charge is 0.294 e. The average molecular weight is 250 g/mol. The lowest BCUT2D eigenvalue weighted by Gasteiger charge is -2.16. The number of aromatic amines is 1. The molecular formula is C16H14N2O. The van der Waals surface area contributed by atoms with Crippen molar-refractivity contribution in [3.63, 3.8) is 0 Å². The Hall–Kier alpha value is -2.29. The van der Waals surface area contributed by atoms with Gasteiger partial charge in [-0.3, -0.25) is 9.89 Å². The molecule has 0 bridgehead atoms. The van der Waals surface area contributed by atoms with Crippen molar-refractivity contribution in [1.82, 2.24) is 9.78 Å². The van der Waals surface area contributed by atoms with Crippen molar-refractivity contribution in [3.8, 4) is 0 Å². The molecule has 2 aromatic carbocycles. The Morgan fingerprint density at radius 3 is 2.32 bits per heavy atom. The molecule has 0 atom stereocenters. The maximum atomic E-state index is 12.5. The Bertz CT molecular complexity index is 794. The standard InChI is InChI=1S/C16H14N2O/c19-15-13-8-4-5-9-14(13)17-18(15)16(10-11-16)12-6-2-1-3-7-12/h1-9,17H,10-11H2. The van der Waals surface area contributed by atoms with Crippen LogP contribution in [-0.2, 0) is 5.54 Å². The predicted molar refractivity (Wildman–Crippen MR) is 75.3 cm³/mol. The van der Waals surface area contributed by atoms with Crippen LogP contribution < -0.4 is 5.56 Å². The Balaban J connectivity index is 1.96. The summed E-state index contributed by atoms with van der Waals surface area (Å²) < 4.78 is 1.81. The van der Waals surface area contributed by atoms with Crippen molar-refractivity contribution in [2.45, 2.75) is 18.4 Å². The minimum Gasteiger partial charge on any atom is -0.294 e. The first-order valence-corrected chi connectivity index (χ1v) is 6.57. The predicted octanol–water partition coefficient (Wildman–Crippen LogP) is 2.87. The third-order valence-corrected chi connectivity index (χ3v) is 4.06. The van der Waals surface area contributed by atoms with Crippen molar-refractivity contribution in [2.75, 3.05) is 0 Å². The van der Waals surface area contributed by atoms with Crippen molar-refractivity contribution in [2.24, 2.45) is 0 Å². The van der Waals surface area contributed by atoms with E-state index in [1.165, 1.54) is 5.56 Å². The van der Waals surface area contributed by atoms with Gasteiger partial charge in [0.1, 0.15) is 0 Å². The number of H-pyrrole nitrogens is 1. The molecule has 19 heavy (non-hydrogen) atoms. The van der Waals surface area contributed by atoms with E-state index in [0.29, 0.717) is 0 Å². The number of para-hydroxylation sites is 1. The number of nitrogens with zero attached hydrogens (tertiary/aromatic N) is 1. The molecule has 1 fully saturated rings. The van der Waals surface area contributed by atoms with E-state index in [4.69, 9.17) is 0 Å². The van der Waals surface area contributed by atoms with Gasteiger partial charge in [-0.1, -0.05) is 42.5 Å². The molecular weight excluding hydrogens is 236 g/mol. The lowest BCUT2D eigenvalue weighted by atomic mass is 10.1. The van der Waals surface area contributed by atoms with E-state index in [0.717, 1.165) is 23.7 Å². The maximum absolute atomic E-state index is 12.5. The van der Waals surface area contributed by atoms with Gasteiger partial charge in [-0.2, -0.15) is 0 Å². The van der Waals surface area contributed by atoms with E-state index in [1.54, 1.807) is 0 Å². The molecule has 1 heterocycles. The number of hydrogen-bond donors (Lipinski definition) is 1. The average Bonchev–Trinajstić information content (AvgIpc) is 3.21. The van der Waals surface area contributed by atoms with Gasteiger partial charge in [0.05, 0.1) is 16.4 Å². The first kappa shape index (κ1) is 10.6. The summed E-state index contributed by atoms with van der Waals surface area (Å²) in [5.41, 5.74) is 2.05. The zero-order valence-electron chi connectivity index (χ0n) is 10.5. The summed E-state index contributed by atoms with van der Waals surface area (Å²) >= 11 is 0. The zero-order chi connectivity index (χ0) is 12.9. The number of rotatable bonds is 2. The van der Waals surface area contributed by atoms with Gasteiger partial charge in [0.25, 0.3) is 5.56 Å². The Morgan fingerprint density at radius 1 is 0.947 bits per heavy atom. The summed E-state index contributed by atoms with van der Waals surface area (Å²) in [6.45, 7) is 0. The summed E-state index contributed by atoms with van der Waals surface area (Å²) in [4.78, 5) is 12.5. The highest BCUT2D eigenvalue weighted by molar-refractivity contribution is 5.77. The fourth-order valence-corrected chi connectivity index (χ4v) is 2.87. The summed E-state index contributed by atoms with van der Waals surface area (Å²) in [6, 6.07) is 18.0. The van der Waals surface area contributed by atoms with E-state index < -0.39 is 0 Å². The third kappa shape index (κ3) is 1.41. The van der Waals surface area contributed by atoms with Crippen LogP contribution in [0.15, 0.2) is 59.4 Å². The van der Waals surface area contributed by atoms with Crippen LogP contribution in [0.25, 0.3) is 10.9 Å². The van der Waals surface area contributed by atoms with Gasteiger partial charge in [-0.25, -0.2) is 4.68 Å². The van der Waals surface area contributed by atoms with Gasteiger partial charge < -0.3 is 0 Å². The Labute approximate surface area is 110 Å². The van der Waals surface area contributed by atoms with Gasteiger partial charge in [0, 0.05) is 0 Å². The second-order valence-electron chi connectivity index (χ2n) is 5.20. The van der Waals surface area contributed by atoms with E-state index >= 15 is 0 Å². The van der Waals surface area contributed by atoms with Crippen LogP contribution in [0, 0.1) is 0 Å².